The third-order valence-corrected chi connectivity index (χ3v) is 6.47. The molecule has 8 heteroatoms. The molecule has 1 aromatic heterocycles. The number of halogens is 1. The summed E-state index contributed by atoms with van der Waals surface area (Å²) in [6, 6.07) is 3.58. The first kappa shape index (κ1) is 25.4. The first-order chi connectivity index (χ1) is 14.0. The number of aliphatic hydroxyl groups is 1. The van der Waals surface area contributed by atoms with Crippen LogP contribution in [0.25, 0.3) is 0 Å². The molecular formula is C22H40IN5O2. The van der Waals surface area contributed by atoms with Gasteiger partial charge in [0.05, 0.1) is 12.8 Å². The van der Waals surface area contributed by atoms with Crippen molar-refractivity contribution in [3.8, 4) is 0 Å². The molecular weight excluding hydrogens is 493 g/mol. The number of likely N-dealkylation sites (tertiary alicyclic amines) is 2. The first-order valence-corrected chi connectivity index (χ1v) is 11.2. The van der Waals surface area contributed by atoms with Crippen LogP contribution in [0.1, 0.15) is 51.7 Å². The van der Waals surface area contributed by atoms with Gasteiger partial charge >= 0.3 is 0 Å². The lowest BCUT2D eigenvalue weighted by Crippen LogP contribution is -2.62. The van der Waals surface area contributed by atoms with Gasteiger partial charge in [0.1, 0.15) is 11.4 Å². The molecule has 3 heterocycles. The van der Waals surface area contributed by atoms with E-state index in [1.807, 2.05) is 0 Å². The smallest absolute Gasteiger partial charge is 0.191 e. The molecule has 3 rings (SSSR count). The summed E-state index contributed by atoms with van der Waals surface area (Å²) >= 11 is 0. The molecule has 0 bridgehead atoms. The van der Waals surface area contributed by atoms with Crippen LogP contribution in [0.2, 0.25) is 0 Å². The fourth-order valence-corrected chi connectivity index (χ4v) is 4.49. The van der Waals surface area contributed by atoms with Crippen molar-refractivity contribution in [3.63, 3.8) is 0 Å². The maximum absolute atomic E-state index is 10.7. The Kier molecular flexibility index (Phi) is 9.90. The van der Waals surface area contributed by atoms with Crippen molar-refractivity contribution in [2.45, 2.75) is 57.1 Å². The Morgan fingerprint density at radius 3 is 2.50 bits per heavy atom. The highest BCUT2D eigenvalue weighted by Crippen LogP contribution is 2.31. The second kappa shape index (κ2) is 11.7. The Morgan fingerprint density at radius 1 is 1.20 bits per heavy atom. The number of guanidine groups is 1. The van der Waals surface area contributed by atoms with Crippen molar-refractivity contribution in [2.24, 2.45) is 4.99 Å². The number of nitrogens with one attached hydrogen (secondary N) is 2. The largest absolute Gasteiger partial charge is 0.466 e. The van der Waals surface area contributed by atoms with Crippen LogP contribution < -0.4 is 10.6 Å². The first-order valence-electron chi connectivity index (χ1n) is 11.2. The van der Waals surface area contributed by atoms with Crippen molar-refractivity contribution in [2.75, 3.05) is 52.9 Å². The van der Waals surface area contributed by atoms with Gasteiger partial charge in [0, 0.05) is 18.6 Å². The highest BCUT2D eigenvalue weighted by molar-refractivity contribution is 14.0. The van der Waals surface area contributed by atoms with Gasteiger partial charge in [-0.2, -0.15) is 0 Å². The SMILES string of the molecule is CCNC(=NCC(C)(O)c1ccco1)NCC1(N2CCCCC2)CCN(C)CC1.I. The molecule has 0 aromatic carbocycles. The van der Waals surface area contributed by atoms with Gasteiger partial charge in [-0.1, -0.05) is 6.42 Å². The van der Waals surface area contributed by atoms with E-state index in [4.69, 9.17) is 4.42 Å². The zero-order valence-electron chi connectivity index (χ0n) is 18.8. The van der Waals surface area contributed by atoms with Crippen molar-refractivity contribution in [1.82, 2.24) is 20.4 Å². The molecule has 7 nitrogen and oxygen atoms in total. The van der Waals surface area contributed by atoms with Crippen LogP contribution in [-0.4, -0.2) is 79.3 Å². The van der Waals surface area contributed by atoms with Crippen LogP contribution >= 0.6 is 24.0 Å². The lowest BCUT2D eigenvalue weighted by molar-refractivity contribution is 0.0172. The van der Waals surface area contributed by atoms with Crippen LogP contribution in [0.5, 0.6) is 0 Å². The second-order valence-corrected chi connectivity index (χ2v) is 8.88. The maximum atomic E-state index is 10.7. The number of hydrogen-bond acceptors (Lipinski definition) is 5. The Bertz CT molecular complexity index is 636. The molecule has 1 unspecified atom stereocenters. The van der Waals surface area contributed by atoms with Gasteiger partial charge in [0.25, 0.3) is 0 Å². The molecule has 0 saturated carbocycles. The van der Waals surface area contributed by atoms with Gasteiger partial charge in [-0.25, -0.2) is 4.99 Å². The average Bonchev–Trinajstić information content (AvgIpc) is 3.28. The molecule has 2 fully saturated rings. The van der Waals surface area contributed by atoms with Crippen molar-refractivity contribution in [1.29, 1.82) is 0 Å². The van der Waals surface area contributed by atoms with E-state index in [1.54, 1.807) is 25.3 Å². The number of nitrogens with zero attached hydrogens (tertiary/aromatic N) is 3. The van der Waals surface area contributed by atoms with Crippen LogP contribution in [0.4, 0.5) is 0 Å². The highest BCUT2D eigenvalue weighted by atomic mass is 127. The number of piperidine rings is 2. The third-order valence-electron chi connectivity index (χ3n) is 6.47. The molecule has 0 radical (unpaired) electrons. The predicted octanol–water partition coefficient (Wildman–Crippen LogP) is 2.61. The van der Waals surface area contributed by atoms with E-state index in [1.165, 1.54) is 45.2 Å². The normalized spacial score (nSPS) is 22.7. The monoisotopic (exact) mass is 533 g/mol. The third kappa shape index (κ3) is 6.58. The van der Waals surface area contributed by atoms with Gasteiger partial charge in [-0.05, 0) is 84.9 Å². The average molecular weight is 533 g/mol. The Labute approximate surface area is 198 Å². The van der Waals surface area contributed by atoms with E-state index < -0.39 is 5.60 Å². The molecule has 0 amide bonds. The molecule has 3 N–H and O–H groups in total. The molecule has 172 valence electrons. The number of rotatable bonds is 7. The zero-order valence-corrected chi connectivity index (χ0v) is 21.2. The van der Waals surface area contributed by atoms with Crippen LogP contribution in [0.15, 0.2) is 27.8 Å². The fraction of sp³-hybridized carbons (Fsp3) is 0.773. The molecule has 2 saturated heterocycles. The summed E-state index contributed by atoms with van der Waals surface area (Å²) in [5, 5.41) is 17.7. The summed E-state index contributed by atoms with van der Waals surface area (Å²) in [5.41, 5.74) is -0.934. The molecule has 0 spiro atoms. The highest BCUT2D eigenvalue weighted by Gasteiger charge is 2.39. The molecule has 1 atom stereocenters. The van der Waals surface area contributed by atoms with E-state index in [0.29, 0.717) is 5.76 Å². The van der Waals surface area contributed by atoms with Crippen molar-refractivity contribution >= 4 is 29.9 Å². The standard InChI is InChI=1S/C22H39N5O2.HI/c1-4-23-20(24-17-21(2,28)19-9-8-16-29-19)25-18-22(10-14-26(3)15-11-22)27-12-6-5-7-13-27;/h8-9,16,28H,4-7,10-15,17-18H2,1-3H3,(H2,23,24,25);1H. The second-order valence-electron chi connectivity index (χ2n) is 8.88. The molecule has 30 heavy (non-hydrogen) atoms. The van der Waals surface area contributed by atoms with Gasteiger partial charge in [-0.15, -0.1) is 24.0 Å². The minimum Gasteiger partial charge on any atom is -0.466 e. The zero-order chi connectivity index (χ0) is 20.7. The van der Waals surface area contributed by atoms with E-state index >= 15 is 0 Å². The van der Waals surface area contributed by atoms with E-state index in [2.05, 4.69) is 39.4 Å². The Hall–Kier alpha value is -0.840. The van der Waals surface area contributed by atoms with E-state index in [-0.39, 0.29) is 36.1 Å². The number of hydrogen-bond donors (Lipinski definition) is 3. The summed E-state index contributed by atoms with van der Waals surface area (Å²) in [4.78, 5) is 9.83. The summed E-state index contributed by atoms with van der Waals surface area (Å²) in [6.45, 7) is 10.4. The van der Waals surface area contributed by atoms with Gasteiger partial charge in [-0.3, -0.25) is 4.90 Å². The van der Waals surface area contributed by atoms with Gasteiger partial charge in [0.2, 0.25) is 0 Å². The number of furan rings is 1. The molecule has 0 aliphatic carbocycles. The predicted molar refractivity (Wildman–Crippen MR) is 133 cm³/mol. The maximum Gasteiger partial charge on any atom is 0.191 e. The summed E-state index contributed by atoms with van der Waals surface area (Å²) in [6.07, 6.45) is 7.90. The quantitative estimate of drug-likeness (QED) is 0.284. The van der Waals surface area contributed by atoms with E-state index in [9.17, 15) is 5.11 Å². The summed E-state index contributed by atoms with van der Waals surface area (Å²) in [7, 11) is 2.22. The summed E-state index contributed by atoms with van der Waals surface area (Å²) < 4.78 is 5.38. The minimum atomic E-state index is -1.12. The van der Waals surface area contributed by atoms with Gasteiger partial charge < -0.3 is 25.1 Å². The number of aliphatic imine (C=N–C) groups is 1. The fourth-order valence-electron chi connectivity index (χ4n) is 4.49. The topological polar surface area (TPSA) is 76.3 Å². The lowest BCUT2D eigenvalue weighted by atomic mass is 9.84. The Balaban J connectivity index is 0.00000320. The van der Waals surface area contributed by atoms with Crippen molar-refractivity contribution in [3.05, 3.63) is 24.2 Å². The van der Waals surface area contributed by atoms with Crippen molar-refractivity contribution < 1.29 is 9.52 Å². The minimum absolute atomic E-state index is 0. The van der Waals surface area contributed by atoms with Crippen LogP contribution in [0.3, 0.4) is 0 Å². The Morgan fingerprint density at radius 2 is 1.90 bits per heavy atom. The van der Waals surface area contributed by atoms with Gasteiger partial charge in [0.15, 0.2) is 5.96 Å². The summed E-state index contributed by atoms with van der Waals surface area (Å²) in [5.74, 6) is 1.30. The van der Waals surface area contributed by atoms with Crippen LogP contribution in [-0.2, 0) is 5.60 Å². The van der Waals surface area contributed by atoms with Crippen LogP contribution in [0, 0.1) is 0 Å². The molecule has 2 aliphatic heterocycles. The lowest BCUT2D eigenvalue weighted by Gasteiger charge is -2.50. The van der Waals surface area contributed by atoms with E-state index in [0.717, 1.165) is 32.1 Å². The molecule has 1 aromatic rings. The molecule has 2 aliphatic rings.